The maximum absolute atomic E-state index is 12.6. The van der Waals surface area contributed by atoms with E-state index in [0.717, 1.165) is 0 Å². The Kier molecular flexibility index (Phi) is 4.95. The molecule has 0 fully saturated rings. The van der Waals surface area contributed by atoms with E-state index in [1.54, 1.807) is 44.4 Å². The number of fused-ring (bicyclic) bond motifs is 1. The first-order valence-electron chi connectivity index (χ1n) is 6.97. The molecular formula is C18H15ClO5. The molecule has 0 saturated carbocycles. The summed E-state index contributed by atoms with van der Waals surface area (Å²) in [7, 11) is 1.55. The smallest absolute Gasteiger partial charge is 0.339 e. The van der Waals surface area contributed by atoms with E-state index >= 15 is 0 Å². The minimum absolute atomic E-state index is 0. The average Bonchev–Trinajstić information content (AvgIpc) is 2.57. The SMILES string of the molecule is COc1cccc(-c2oc3c(C(=O)O)cccc3c(=O)c2C)c1.Cl. The molecule has 0 amide bonds. The predicted octanol–water partition coefficient (Wildman–Crippen LogP) is 3.90. The van der Waals surface area contributed by atoms with Crippen LogP contribution in [0.2, 0.25) is 0 Å². The molecule has 3 aromatic rings. The van der Waals surface area contributed by atoms with Gasteiger partial charge in [0.15, 0.2) is 11.0 Å². The van der Waals surface area contributed by atoms with Crippen LogP contribution in [0.25, 0.3) is 22.3 Å². The van der Waals surface area contributed by atoms with Crippen LogP contribution in [0.5, 0.6) is 5.75 Å². The fraction of sp³-hybridized carbons (Fsp3) is 0.111. The van der Waals surface area contributed by atoms with E-state index in [-0.39, 0.29) is 34.4 Å². The summed E-state index contributed by atoms with van der Waals surface area (Å²) >= 11 is 0. The van der Waals surface area contributed by atoms with Crippen molar-refractivity contribution in [1.82, 2.24) is 0 Å². The molecular weight excluding hydrogens is 332 g/mol. The van der Waals surface area contributed by atoms with Crippen LogP contribution >= 0.6 is 12.4 Å². The minimum Gasteiger partial charge on any atom is -0.497 e. The lowest BCUT2D eigenvalue weighted by Gasteiger charge is -2.09. The number of hydrogen-bond acceptors (Lipinski definition) is 4. The molecule has 0 spiro atoms. The van der Waals surface area contributed by atoms with E-state index in [2.05, 4.69) is 0 Å². The van der Waals surface area contributed by atoms with Gasteiger partial charge in [0.05, 0.1) is 12.5 Å². The second-order valence-electron chi connectivity index (χ2n) is 5.10. The van der Waals surface area contributed by atoms with Crippen LogP contribution in [0, 0.1) is 6.92 Å². The number of carbonyl (C=O) groups is 1. The molecule has 1 heterocycles. The molecule has 0 unspecified atom stereocenters. The molecule has 2 aromatic carbocycles. The van der Waals surface area contributed by atoms with Crippen LogP contribution in [0.4, 0.5) is 0 Å². The van der Waals surface area contributed by atoms with Crippen molar-refractivity contribution in [2.45, 2.75) is 6.92 Å². The Morgan fingerprint density at radius 2 is 1.88 bits per heavy atom. The van der Waals surface area contributed by atoms with Crippen molar-refractivity contribution in [3.8, 4) is 17.1 Å². The van der Waals surface area contributed by atoms with Crippen molar-refractivity contribution in [2.24, 2.45) is 0 Å². The Hall–Kier alpha value is -2.79. The molecule has 6 heteroatoms. The fourth-order valence-corrected chi connectivity index (χ4v) is 2.52. The summed E-state index contributed by atoms with van der Waals surface area (Å²) in [6.07, 6.45) is 0. The van der Waals surface area contributed by atoms with Gasteiger partial charge in [-0.2, -0.15) is 0 Å². The van der Waals surface area contributed by atoms with Gasteiger partial charge in [0.1, 0.15) is 17.1 Å². The number of ether oxygens (including phenoxy) is 1. The molecule has 124 valence electrons. The molecule has 0 atom stereocenters. The highest BCUT2D eigenvalue weighted by molar-refractivity contribution is 6.01. The lowest BCUT2D eigenvalue weighted by molar-refractivity contribution is 0.0698. The Morgan fingerprint density at radius 1 is 1.17 bits per heavy atom. The number of hydrogen-bond donors (Lipinski definition) is 1. The van der Waals surface area contributed by atoms with Gasteiger partial charge < -0.3 is 14.3 Å². The van der Waals surface area contributed by atoms with Gasteiger partial charge in [-0.1, -0.05) is 18.2 Å². The molecule has 1 N–H and O–H groups in total. The maximum atomic E-state index is 12.6. The summed E-state index contributed by atoms with van der Waals surface area (Å²) in [5.74, 6) is -0.175. The van der Waals surface area contributed by atoms with Crippen molar-refractivity contribution >= 4 is 29.3 Å². The van der Waals surface area contributed by atoms with Crippen LogP contribution in [0.1, 0.15) is 15.9 Å². The van der Waals surface area contributed by atoms with Crippen molar-refractivity contribution < 1.29 is 19.1 Å². The van der Waals surface area contributed by atoms with Crippen LogP contribution in [-0.2, 0) is 0 Å². The highest BCUT2D eigenvalue weighted by Gasteiger charge is 2.17. The van der Waals surface area contributed by atoms with Crippen LogP contribution in [0.15, 0.2) is 51.7 Å². The highest BCUT2D eigenvalue weighted by atomic mass is 35.5. The van der Waals surface area contributed by atoms with E-state index in [4.69, 9.17) is 9.15 Å². The molecule has 3 rings (SSSR count). The second kappa shape index (κ2) is 6.76. The summed E-state index contributed by atoms with van der Waals surface area (Å²) in [6.45, 7) is 1.66. The highest BCUT2D eigenvalue weighted by Crippen LogP contribution is 2.29. The Bertz CT molecular complexity index is 975. The average molecular weight is 347 g/mol. The van der Waals surface area contributed by atoms with Crippen LogP contribution in [-0.4, -0.2) is 18.2 Å². The quantitative estimate of drug-likeness (QED) is 0.778. The van der Waals surface area contributed by atoms with Gasteiger partial charge >= 0.3 is 5.97 Å². The summed E-state index contributed by atoms with van der Waals surface area (Å²) in [4.78, 5) is 23.9. The zero-order valence-electron chi connectivity index (χ0n) is 13.0. The van der Waals surface area contributed by atoms with E-state index in [0.29, 0.717) is 22.6 Å². The maximum Gasteiger partial charge on any atom is 0.339 e. The third-order valence-electron chi connectivity index (χ3n) is 3.71. The number of carboxylic acid groups (broad SMARTS) is 1. The van der Waals surface area contributed by atoms with Gasteiger partial charge in [-0.15, -0.1) is 12.4 Å². The third-order valence-corrected chi connectivity index (χ3v) is 3.71. The van der Waals surface area contributed by atoms with Gasteiger partial charge in [0.25, 0.3) is 0 Å². The van der Waals surface area contributed by atoms with Gasteiger partial charge in [-0.05, 0) is 31.2 Å². The lowest BCUT2D eigenvalue weighted by Crippen LogP contribution is -2.09. The lowest BCUT2D eigenvalue weighted by atomic mass is 10.0. The number of carboxylic acids is 1. The molecule has 0 radical (unpaired) electrons. The number of para-hydroxylation sites is 1. The Balaban J connectivity index is 0.00000208. The number of aromatic carboxylic acids is 1. The van der Waals surface area contributed by atoms with E-state index < -0.39 is 5.97 Å². The third kappa shape index (κ3) is 2.86. The molecule has 0 bridgehead atoms. The predicted molar refractivity (Wildman–Crippen MR) is 93.4 cm³/mol. The Morgan fingerprint density at radius 3 is 2.54 bits per heavy atom. The first-order chi connectivity index (χ1) is 11.0. The van der Waals surface area contributed by atoms with Gasteiger partial charge in [-0.3, -0.25) is 4.79 Å². The first kappa shape index (κ1) is 17.6. The van der Waals surface area contributed by atoms with Crippen molar-refractivity contribution in [1.29, 1.82) is 0 Å². The van der Waals surface area contributed by atoms with Crippen molar-refractivity contribution in [3.63, 3.8) is 0 Å². The number of benzene rings is 2. The number of halogens is 1. The monoisotopic (exact) mass is 346 g/mol. The normalized spacial score (nSPS) is 10.2. The molecule has 1 aromatic heterocycles. The molecule has 5 nitrogen and oxygen atoms in total. The number of rotatable bonds is 3. The zero-order valence-corrected chi connectivity index (χ0v) is 13.8. The van der Waals surface area contributed by atoms with E-state index in [9.17, 15) is 14.7 Å². The Labute approximate surface area is 143 Å². The molecule has 24 heavy (non-hydrogen) atoms. The topological polar surface area (TPSA) is 76.7 Å². The summed E-state index contributed by atoms with van der Waals surface area (Å²) in [5.41, 5.74) is 0.874. The van der Waals surface area contributed by atoms with E-state index in [1.165, 1.54) is 12.1 Å². The number of methoxy groups -OCH3 is 1. The molecule has 0 aliphatic carbocycles. The fourth-order valence-electron chi connectivity index (χ4n) is 2.52. The van der Waals surface area contributed by atoms with Gasteiger partial charge in [0, 0.05) is 11.1 Å². The summed E-state index contributed by atoms with van der Waals surface area (Å²) < 4.78 is 11.0. The molecule has 0 saturated heterocycles. The van der Waals surface area contributed by atoms with Gasteiger partial charge in [0.2, 0.25) is 0 Å². The largest absolute Gasteiger partial charge is 0.497 e. The van der Waals surface area contributed by atoms with E-state index in [1.807, 2.05) is 0 Å². The van der Waals surface area contributed by atoms with Crippen LogP contribution < -0.4 is 10.2 Å². The summed E-state index contributed by atoms with van der Waals surface area (Å²) in [5, 5.41) is 9.56. The molecule has 0 aliphatic rings. The van der Waals surface area contributed by atoms with Crippen LogP contribution in [0.3, 0.4) is 0 Å². The minimum atomic E-state index is -1.14. The van der Waals surface area contributed by atoms with Gasteiger partial charge in [-0.25, -0.2) is 4.79 Å². The summed E-state index contributed by atoms with van der Waals surface area (Å²) in [6, 6.07) is 11.6. The standard InChI is InChI=1S/C18H14O5.ClH/c1-10-15(19)13-7-4-8-14(18(20)21)17(13)23-16(10)11-5-3-6-12(9-11)22-2;/h3-9H,1-2H3,(H,20,21);1H. The second-order valence-corrected chi connectivity index (χ2v) is 5.10. The van der Waals surface area contributed by atoms with Crippen molar-refractivity contribution in [2.75, 3.05) is 7.11 Å². The zero-order chi connectivity index (χ0) is 16.6. The molecule has 0 aliphatic heterocycles. The van der Waals surface area contributed by atoms with Crippen molar-refractivity contribution in [3.05, 3.63) is 63.8 Å². The first-order valence-corrected chi connectivity index (χ1v) is 6.97.